The number of carbonyl (C=O) groups excluding carboxylic acids is 1. The predicted octanol–water partition coefficient (Wildman–Crippen LogP) is 2.94. The lowest BCUT2D eigenvalue weighted by Crippen LogP contribution is -2.29. The van der Waals surface area contributed by atoms with Gasteiger partial charge in [-0.3, -0.25) is 4.79 Å². The van der Waals surface area contributed by atoms with Crippen LogP contribution in [0.4, 0.5) is 5.69 Å². The third kappa shape index (κ3) is 5.59. The first-order chi connectivity index (χ1) is 13.9. The van der Waals surface area contributed by atoms with Crippen LogP contribution in [0.5, 0.6) is 11.5 Å². The minimum Gasteiger partial charge on any atom is -0.457 e. The molecule has 1 N–H and O–H groups in total. The van der Waals surface area contributed by atoms with Crippen LogP contribution in [-0.2, 0) is 14.6 Å². The van der Waals surface area contributed by atoms with Crippen LogP contribution in [0.2, 0.25) is 0 Å². The van der Waals surface area contributed by atoms with Crippen LogP contribution in [0.1, 0.15) is 6.42 Å². The Balaban J connectivity index is 1.62. The highest BCUT2D eigenvalue weighted by atomic mass is 32.2. The van der Waals surface area contributed by atoms with Crippen molar-refractivity contribution in [2.45, 2.75) is 12.5 Å². The topological polar surface area (TPSA) is 99.5 Å². The van der Waals surface area contributed by atoms with Gasteiger partial charge in [0.15, 0.2) is 9.84 Å². The van der Waals surface area contributed by atoms with Crippen LogP contribution in [0.3, 0.4) is 0 Å². The molecule has 0 saturated carbocycles. The first kappa shape index (κ1) is 20.4. The largest absolute Gasteiger partial charge is 0.457 e. The quantitative estimate of drug-likeness (QED) is 0.580. The molecule has 8 heteroatoms. The smallest absolute Gasteiger partial charge is 0.267 e. The van der Waals surface area contributed by atoms with Crippen molar-refractivity contribution >= 4 is 21.4 Å². The molecule has 0 spiro atoms. The van der Waals surface area contributed by atoms with E-state index in [0.717, 1.165) is 0 Å². The number of nitrogens with one attached hydrogen (secondary N) is 1. The van der Waals surface area contributed by atoms with Crippen molar-refractivity contribution in [2.24, 2.45) is 0 Å². The van der Waals surface area contributed by atoms with E-state index in [-0.39, 0.29) is 23.1 Å². The number of amides is 1. The summed E-state index contributed by atoms with van der Waals surface area (Å²) >= 11 is 0. The number of carbonyl (C=O) groups is 1. The van der Waals surface area contributed by atoms with Gasteiger partial charge in [0.2, 0.25) is 0 Å². The number of anilines is 1. The van der Waals surface area contributed by atoms with E-state index in [0.29, 0.717) is 23.6 Å². The third-order valence-electron chi connectivity index (χ3n) is 4.57. The Kier molecular flexibility index (Phi) is 6.20. The van der Waals surface area contributed by atoms with Crippen LogP contribution in [0.15, 0.2) is 66.4 Å². The Morgan fingerprint density at radius 1 is 1.17 bits per heavy atom. The Labute approximate surface area is 170 Å². The summed E-state index contributed by atoms with van der Waals surface area (Å²) in [6.45, 7) is 0. The Hall–Kier alpha value is -3.31. The molecule has 1 saturated heterocycles. The molecule has 0 aromatic heterocycles. The summed E-state index contributed by atoms with van der Waals surface area (Å²) in [5.41, 5.74) is 0.420. The normalized spacial score (nSPS) is 17.9. The minimum atomic E-state index is -3.04. The van der Waals surface area contributed by atoms with E-state index in [2.05, 4.69) is 5.32 Å². The number of benzene rings is 2. The van der Waals surface area contributed by atoms with Crippen LogP contribution >= 0.6 is 0 Å². The summed E-state index contributed by atoms with van der Waals surface area (Å²) in [5, 5.41) is 12.0. The second-order valence-corrected chi connectivity index (χ2v) is 9.00. The molecule has 1 atom stereocenters. The van der Waals surface area contributed by atoms with E-state index in [1.165, 1.54) is 6.20 Å². The molecule has 2 aromatic carbocycles. The molecule has 2 aromatic rings. The summed E-state index contributed by atoms with van der Waals surface area (Å²) in [5.74, 6) is 0.921. The van der Waals surface area contributed by atoms with Gasteiger partial charge in [0, 0.05) is 25.0 Å². The average molecular weight is 411 g/mol. The number of rotatable bonds is 6. The maximum absolute atomic E-state index is 12.4. The van der Waals surface area contributed by atoms with Gasteiger partial charge < -0.3 is 15.0 Å². The molecular formula is C21H21N3O4S. The first-order valence-corrected chi connectivity index (χ1v) is 10.9. The summed E-state index contributed by atoms with van der Waals surface area (Å²) in [6, 6.07) is 17.8. The molecule has 3 rings (SSSR count). The van der Waals surface area contributed by atoms with Gasteiger partial charge in [0.25, 0.3) is 5.91 Å². The molecular weight excluding hydrogens is 390 g/mol. The lowest BCUT2D eigenvalue weighted by Gasteiger charge is -2.21. The molecule has 1 fully saturated rings. The fourth-order valence-corrected chi connectivity index (χ4v) is 4.76. The fourth-order valence-electron chi connectivity index (χ4n) is 2.97. The van der Waals surface area contributed by atoms with Crippen molar-refractivity contribution in [3.8, 4) is 17.6 Å². The molecule has 150 valence electrons. The zero-order valence-electron chi connectivity index (χ0n) is 15.9. The molecule has 1 amide bonds. The van der Waals surface area contributed by atoms with Crippen LogP contribution in [-0.4, -0.2) is 43.8 Å². The monoisotopic (exact) mass is 411 g/mol. The molecule has 29 heavy (non-hydrogen) atoms. The van der Waals surface area contributed by atoms with Crippen LogP contribution in [0.25, 0.3) is 0 Å². The molecule has 1 aliphatic heterocycles. The summed E-state index contributed by atoms with van der Waals surface area (Å²) in [4.78, 5) is 14.0. The number of nitrogens with zero attached hydrogens (tertiary/aromatic N) is 2. The van der Waals surface area contributed by atoms with Gasteiger partial charge in [0.05, 0.1) is 11.5 Å². The van der Waals surface area contributed by atoms with E-state index < -0.39 is 15.7 Å². The van der Waals surface area contributed by atoms with Crippen molar-refractivity contribution in [2.75, 3.05) is 23.9 Å². The lowest BCUT2D eigenvalue weighted by molar-refractivity contribution is -0.112. The highest BCUT2D eigenvalue weighted by molar-refractivity contribution is 7.91. The van der Waals surface area contributed by atoms with E-state index in [9.17, 15) is 18.5 Å². The van der Waals surface area contributed by atoms with Crippen LogP contribution < -0.4 is 10.1 Å². The van der Waals surface area contributed by atoms with Crippen molar-refractivity contribution in [3.05, 3.63) is 66.4 Å². The van der Waals surface area contributed by atoms with Gasteiger partial charge in [-0.25, -0.2) is 8.42 Å². The standard InChI is InChI=1S/C21H21N3O4S/c1-24(18-11-12-29(26,27)15-18)14-16(13-22)21(25)23-17-7-9-20(10-8-17)28-19-5-3-2-4-6-19/h2-10,14,18H,11-12,15H2,1H3,(H,23,25)/b16-14-. The Morgan fingerprint density at radius 3 is 2.41 bits per heavy atom. The lowest BCUT2D eigenvalue weighted by atomic mass is 10.2. The van der Waals surface area contributed by atoms with Gasteiger partial charge in [-0.2, -0.15) is 5.26 Å². The Bertz CT molecular complexity index is 1040. The number of para-hydroxylation sites is 1. The molecule has 0 radical (unpaired) electrons. The first-order valence-electron chi connectivity index (χ1n) is 9.05. The van der Waals surface area contributed by atoms with Gasteiger partial charge in [0.1, 0.15) is 23.1 Å². The maximum Gasteiger partial charge on any atom is 0.267 e. The number of hydrogen-bond donors (Lipinski definition) is 1. The van der Waals surface area contributed by atoms with Crippen LogP contribution in [0, 0.1) is 11.3 Å². The zero-order valence-corrected chi connectivity index (χ0v) is 16.7. The molecule has 1 aliphatic rings. The minimum absolute atomic E-state index is 0.0310. The number of hydrogen-bond acceptors (Lipinski definition) is 6. The second-order valence-electron chi connectivity index (χ2n) is 6.77. The van der Waals surface area contributed by atoms with Crippen molar-refractivity contribution < 1.29 is 17.9 Å². The summed E-state index contributed by atoms with van der Waals surface area (Å²) in [6.07, 6.45) is 1.88. The zero-order chi connectivity index (χ0) is 20.9. The molecule has 7 nitrogen and oxygen atoms in total. The highest BCUT2D eigenvalue weighted by Gasteiger charge is 2.30. The van der Waals surface area contributed by atoms with Gasteiger partial charge in [-0.05, 0) is 42.8 Å². The average Bonchev–Trinajstić information content (AvgIpc) is 3.08. The van der Waals surface area contributed by atoms with E-state index in [4.69, 9.17) is 4.74 Å². The molecule has 0 aliphatic carbocycles. The second kappa shape index (κ2) is 8.80. The molecule has 1 unspecified atom stereocenters. The van der Waals surface area contributed by atoms with E-state index >= 15 is 0 Å². The van der Waals surface area contributed by atoms with Crippen molar-refractivity contribution in [1.29, 1.82) is 5.26 Å². The van der Waals surface area contributed by atoms with Crippen molar-refractivity contribution in [3.63, 3.8) is 0 Å². The predicted molar refractivity (Wildman–Crippen MR) is 110 cm³/mol. The molecule has 0 bridgehead atoms. The fraction of sp³-hybridized carbons (Fsp3) is 0.238. The molecule has 1 heterocycles. The van der Waals surface area contributed by atoms with Gasteiger partial charge >= 0.3 is 0 Å². The van der Waals surface area contributed by atoms with Gasteiger partial charge in [-0.1, -0.05) is 18.2 Å². The van der Waals surface area contributed by atoms with E-state index in [1.807, 2.05) is 36.4 Å². The maximum atomic E-state index is 12.4. The van der Waals surface area contributed by atoms with E-state index in [1.54, 1.807) is 36.2 Å². The number of sulfone groups is 1. The van der Waals surface area contributed by atoms with Crippen molar-refractivity contribution in [1.82, 2.24) is 4.90 Å². The Morgan fingerprint density at radius 2 is 1.83 bits per heavy atom. The number of ether oxygens (including phenoxy) is 1. The highest BCUT2D eigenvalue weighted by Crippen LogP contribution is 2.23. The SMILES string of the molecule is CN(/C=C(/C#N)C(=O)Nc1ccc(Oc2ccccc2)cc1)C1CCS(=O)(=O)C1. The third-order valence-corrected chi connectivity index (χ3v) is 6.32. The van der Waals surface area contributed by atoms with Gasteiger partial charge in [-0.15, -0.1) is 0 Å². The number of nitriles is 1. The summed E-state index contributed by atoms with van der Waals surface area (Å²) < 4.78 is 28.9. The summed E-state index contributed by atoms with van der Waals surface area (Å²) in [7, 11) is -1.37.